The zero-order chi connectivity index (χ0) is 47.0. The Bertz CT molecular complexity index is 2860. The van der Waals surface area contributed by atoms with E-state index in [-0.39, 0.29) is 23.2 Å². The van der Waals surface area contributed by atoms with Crippen molar-refractivity contribution in [2.45, 2.75) is 113 Å². The number of anilines is 4. The van der Waals surface area contributed by atoms with Crippen molar-refractivity contribution in [1.29, 1.82) is 0 Å². The fourth-order valence-corrected chi connectivity index (χ4v) is 13.1. The number of hydrogen-bond acceptors (Lipinski definition) is 13. The lowest BCUT2D eigenvalue weighted by atomic mass is 9.59. The average Bonchev–Trinajstić information content (AvgIpc) is 4.11. The van der Waals surface area contributed by atoms with Crippen LogP contribution in [0.5, 0.6) is 5.88 Å². The molecule has 0 unspecified atom stereocenters. The van der Waals surface area contributed by atoms with Crippen LogP contribution in [0.2, 0.25) is 0 Å². The molecule has 358 valence electrons. The molecule has 5 aromatic rings. The van der Waals surface area contributed by atoms with Crippen LogP contribution in [0.3, 0.4) is 0 Å². The third-order valence-corrected chi connectivity index (χ3v) is 17.5. The molecule has 2 saturated carbocycles. The molecular weight excluding hydrogens is 885 g/mol. The Balaban J connectivity index is 0.861. The van der Waals surface area contributed by atoms with Crippen LogP contribution in [0, 0.1) is 28.4 Å². The van der Waals surface area contributed by atoms with Crippen molar-refractivity contribution in [3.63, 3.8) is 0 Å². The maximum atomic E-state index is 14.6. The summed E-state index contributed by atoms with van der Waals surface area (Å²) < 4.78 is 42.9. The zero-order valence-electron chi connectivity index (χ0n) is 38.7. The van der Waals surface area contributed by atoms with E-state index in [4.69, 9.17) is 14.5 Å². The van der Waals surface area contributed by atoms with Crippen molar-refractivity contribution >= 4 is 55.4 Å². The minimum atomic E-state index is -4.61. The van der Waals surface area contributed by atoms with Crippen LogP contribution >= 0.6 is 0 Å². The smallest absolute Gasteiger partial charge is 0.293 e. The number of aliphatic hydroxyl groups is 1. The number of carbonyl (C=O) groups excluding carboxylic acids is 1. The first-order chi connectivity index (χ1) is 32.7. The number of nitrogens with one attached hydrogen (secondary N) is 3. The maximum Gasteiger partial charge on any atom is 0.293 e. The predicted octanol–water partition coefficient (Wildman–Crippen LogP) is 8.14. The fourth-order valence-electron chi connectivity index (χ4n) is 12.1. The second-order valence-electron chi connectivity index (χ2n) is 20.6. The van der Waals surface area contributed by atoms with E-state index in [0.717, 1.165) is 62.5 Å². The monoisotopic (exact) mass is 944 g/mol. The van der Waals surface area contributed by atoms with Crippen molar-refractivity contribution in [3.8, 4) is 5.88 Å². The quantitative estimate of drug-likeness (QED) is 0.0733. The van der Waals surface area contributed by atoms with Gasteiger partial charge in [-0.1, -0.05) is 24.3 Å². The van der Waals surface area contributed by atoms with Gasteiger partial charge in [-0.25, -0.2) is 13.1 Å². The number of likely N-dealkylation sites (tertiary alicyclic amines) is 1. The molecule has 0 radical (unpaired) electrons. The van der Waals surface area contributed by atoms with E-state index in [0.29, 0.717) is 73.0 Å². The van der Waals surface area contributed by atoms with E-state index >= 15 is 0 Å². The normalized spacial score (nSPS) is 26.0. The van der Waals surface area contributed by atoms with Crippen molar-refractivity contribution < 1.29 is 32.7 Å². The number of hydrogen-bond donors (Lipinski definition) is 4. The Morgan fingerprint density at radius 1 is 0.971 bits per heavy atom. The third-order valence-electron chi connectivity index (χ3n) is 16.1. The summed E-state index contributed by atoms with van der Waals surface area (Å²) in [6.07, 6.45) is 11.1. The Morgan fingerprint density at radius 3 is 2.54 bits per heavy atom. The molecule has 0 bridgehead atoms. The lowest BCUT2D eigenvalue weighted by molar-refractivity contribution is -0.384. The summed E-state index contributed by atoms with van der Waals surface area (Å²) in [5.74, 6) is -0.310. The number of aryl methyl sites for hydroxylation is 1. The number of benzene rings is 3. The predicted molar refractivity (Wildman–Crippen MR) is 259 cm³/mol. The summed E-state index contributed by atoms with van der Waals surface area (Å²) in [5, 5.41) is 26.7. The summed E-state index contributed by atoms with van der Waals surface area (Å²) in [7, 11) is -4.61. The summed E-state index contributed by atoms with van der Waals surface area (Å²) in [5.41, 5.74) is 4.95. The van der Waals surface area contributed by atoms with E-state index in [1.54, 1.807) is 12.3 Å². The fraction of sp³-hybridized carbons (Fsp3) is 0.490. The highest BCUT2D eigenvalue weighted by Gasteiger charge is 2.50. The SMILES string of the molecule is Cc1ccccc1[C@@H]1CCCN1C1CC2(CCN(c3ccc(C(=O)NS(=O)(=O)c4ccc(NCC5CCC(C)(O)CC5)c([N+](=O)[O-])c4)c(N4c5cc6cc[nH]c6nc5O[C@@H]5COC[C@@H]54)c3)CC2)C1. The van der Waals surface area contributed by atoms with E-state index < -0.39 is 43.1 Å². The van der Waals surface area contributed by atoms with Gasteiger partial charge in [0.1, 0.15) is 23.1 Å². The van der Waals surface area contributed by atoms with E-state index in [1.807, 2.05) is 36.1 Å². The van der Waals surface area contributed by atoms with E-state index in [1.165, 1.54) is 48.9 Å². The van der Waals surface area contributed by atoms with Crippen molar-refractivity contribution in [2.75, 3.05) is 54.5 Å². The van der Waals surface area contributed by atoms with Crippen molar-refractivity contribution in [3.05, 3.63) is 106 Å². The molecule has 16 nitrogen and oxygen atoms in total. The number of amides is 1. The first kappa shape index (κ1) is 44.7. The molecule has 3 atom stereocenters. The minimum absolute atomic E-state index is 0.105. The molecule has 3 aromatic carbocycles. The Hall–Kier alpha value is -5.75. The first-order valence-electron chi connectivity index (χ1n) is 24.3. The van der Waals surface area contributed by atoms with Gasteiger partial charge in [-0.3, -0.25) is 19.8 Å². The Kier molecular flexibility index (Phi) is 11.4. The maximum absolute atomic E-state index is 14.6. The van der Waals surface area contributed by atoms with Gasteiger partial charge in [0.15, 0.2) is 0 Å². The van der Waals surface area contributed by atoms with Crippen LogP contribution < -0.4 is 24.6 Å². The second kappa shape index (κ2) is 17.3. The number of H-pyrrole nitrogens is 1. The molecule has 2 aromatic heterocycles. The largest absolute Gasteiger partial charge is 0.468 e. The summed E-state index contributed by atoms with van der Waals surface area (Å²) in [6.45, 7) is 7.94. The van der Waals surface area contributed by atoms with Crippen LogP contribution in [0.25, 0.3) is 11.0 Å². The third kappa shape index (κ3) is 8.34. The standard InChI is InChI=1S/C51H60N8O8S/c1-32-6-3-4-7-38(32)41-8-5-21-57(41)36-27-51(28-36)18-22-56(23-19-51)35-9-11-39(42(25-35)58-44-24-34-15-20-52-47(34)54-49(44)67-46-31-66-30-45(46)58)48(60)55-68(64,65)37-10-12-40(43(26-37)59(62)63)53-29-33-13-16-50(2,61)17-14-33/h3-4,6-7,9-12,15,20,24-26,33,36,41,45-46,53,61H,5,8,13-14,16-19,21-23,27-31H2,1-2H3,(H,52,54)(H,55,60)/t33?,41-,45-,46+,50?/m0/s1. The number of aromatic nitrogens is 2. The molecule has 1 amide bonds. The van der Waals surface area contributed by atoms with Crippen molar-refractivity contribution in [2.24, 2.45) is 11.3 Å². The first-order valence-corrected chi connectivity index (χ1v) is 25.8. The molecule has 2 aliphatic carbocycles. The molecule has 4 aliphatic heterocycles. The highest BCUT2D eigenvalue weighted by atomic mass is 32.2. The van der Waals surface area contributed by atoms with Crippen LogP contribution in [0.15, 0.2) is 83.9 Å². The molecule has 6 aliphatic rings. The molecule has 3 saturated heterocycles. The van der Waals surface area contributed by atoms with Gasteiger partial charge in [-0.05, 0) is 150 Å². The summed E-state index contributed by atoms with van der Waals surface area (Å²) in [6, 6.07) is 22.6. The summed E-state index contributed by atoms with van der Waals surface area (Å²) >= 11 is 0. The van der Waals surface area contributed by atoms with E-state index in [2.05, 4.69) is 56.0 Å². The molecule has 4 N–H and O–H groups in total. The number of rotatable bonds is 11. The van der Waals surface area contributed by atoms with Gasteiger partial charge in [-0.2, -0.15) is 4.98 Å². The molecule has 5 fully saturated rings. The lowest BCUT2D eigenvalue weighted by Gasteiger charge is -2.56. The van der Waals surface area contributed by atoms with Crippen LogP contribution in [-0.2, 0) is 14.8 Å². The number of aromatic amines is 1. The molecule has 68 heavy (non-hydrogen) atoms. The average molecular weight is 945 g/mol. The molecule has 11 rings (SSSR count). The van der Waals surface area contributed by atoms with Gasteiger partial charge < -0.3 is 34.7 Å². The molecule has 17 heteroatoms. The topological polar surface area (TPSA) is 196 Å². The second-order valence-corrected chi connectivity index (χ2v) is 22.2. The van der Waals surface area contributed by atoms with Crippen LogP contribution in [0.1, 0.15) is 98.7 Å². The molecule has 6 heterocycles. The number of piperidine rings is 1. The van der Waals surface area contributed by atoms with Gasteiger partial charge in [0, 0.05) is 55.1 Å². The number of nitrogens with zero attached hydrogens (tertiary/aromatic N) is 5. The van der Waals surface area contributed by atoms with Crippen LogP contribution in [0.4, 0.5) is 28.4 Å². The van der Waals surface area contributed by atoms with Gasteiger partial charge in [-0.15, -0.1) is 0 Å². The molecular formula is C51H60N8O8S. The van der Waals surface area contributed by atoms with E-state index in [9.17, 15) is 28.4 Å². The number of pyridine rings is 1. The number of nitro benzene ring substituents is 1. The Morgan fingerprint density at radius 2 is 1.76 bits per heavy atom. The zero-order valence-corrected chi connectivity index (χ0v) is 39.5. The lowest BCUT2D eigenvalue weighted by Crippen LogP contribution is -2.55. The number of fused-ring (bicyclic) bond motifs is 3. The van der Waals surface area contributed by atoms with Gasteiger partial charge in [0.05, 0.1) is 45.9 Å². The number of carbonyl (C=O) groups is 1. The van der Waals surface area contributed by atoms with Gasteiger partial charge >= 0.3 is 0 Å². The minimum Gasteiger partial charge on any atom is -0.468 e. The van der Waals surface area contributed by atoms with Gasteiger partial charge in [0.25, 0.3) is 21.6 Å². The van der Waals surface area contributed by atoms with Crippen LogP contribution in [-0.4, -0.2) is 102 Å². The number of sulfonamides is 1. The highest BCUT2D eigenvalue weighted by Crippen LogP contribution is 2.54. The molecule has 1 spiro atoms. The number of ether oxygens (including phenoxy) is 2. The number of nitro groups is 1. The van der Waals surface area contributed by atoms with Crippen molar-refractivity contribution in [1.82, 2.24) is 19.6 Å². The highest BCUT2D eigenvalue weighted by molar-refractivity contribution is 7.90. The Labute approximate surface area is 396 Å². The summed E-state index contributed by atoms with van der Waals surface area (Å²) in [4.78, 5) is 41.0. The van der Waals surface area contributed by atoms with Gasteiger partial charge in [0.2, 0.25) is 5.88 Å².